The number of hydrogen-bond acceptors (Lipinski definition) is 2. The van der Waals surface area contributed by atoms with Gasteiger partial charge in [0, 0.05) is 19.0 Å². The van der Waals surface area contributed by atoms with Crippen LogP contribution in [0.4, 0.5) is 0 Å². The van der Waals surface area contributed by atoms with Crippen LogP contribution >= 0.6 is 11.6 Å². The lowest BCUT2D eigenvalue weighted by Gasteiger charge is -2.02. The summed E-state index contributed by atoms with van der Waals surface area (Å²) >= 11 is 5.38. The van der Waals surface area contributed by atoms with Crippen molar-refractivity contribution < 1.29 is 9.59 Å². The van der Waals surface area contributed by atoms with E-state index in [-0.39, 0.29) is 0 Å². The van der Waals surface area contributed by atoms with Gasteiger partial charge in [-0.1, -0.05) is 6.08 Å². The molecule has 0 aromatic rings. The molecule has 0 spiro atoms. The van der Waals surface area contributed by atoms with Gasteiger partial charge in [-0.2, -0.15) is 0 Å². The highest BCUT2D eigenvalue weighted by molar-refractivity contribution is 6.35. The fourth-order valence-electron chi connectivity index (χ4n) is 0.594. The maximum Gasteiger partial charge on any atom is 0.309 e. The molecule has 0 aliphatic rings. The van der Waals surface area contributed by atoms with Crippen molar-refractivity contribution in [2.75, 3.05) is 19.0 Å². The van der Waals surface area contributed by atoms with Crippen molar-refractivity contribution in [3.8, 4) is 0 Å². The Kier molecular flexibility index (Phi) is 7.01. The third-order valence-corrected chi connectivity index (χ3v) is 1.48. The van der Waals surface area contributed by atoms with E-state index < -0.39 is 11.8 Å². The molecule has 2 N–H and O–H groups in total. The average Bonchev–Trinajstić information content (AvgIpc) is 2.14. The number of rotatable bonds is 5. The molecule has 0 aliphatic heterocycles. The van der Waals surface area contributed by atoms with Gasteiger partial charge in [0.15, 0.2) is 0 Å². The van der Waals surface area contributed by atoms with Crippen molar-refractivity contribution in [1.29, 1.82) is 0 Å². The highest BCUT2D eigenvalue weighted by Crippen LogP contribution is 1.80. The molecule has 0 atom stereocenters. The summed E-state index contributed by atoms with van der Waals surface area (Å²) in [6.45, 7) is 4.12. The van der Waals surface area contributed by atoms with E-state index in [2.05, 4.69) is 17.2 Å². The topological polar surface area (TPSA) is 58.2 Å². The molecule has 0 saturated heterocycles. The van der Waals surface area contributed by atoms with Gasteiger partial charge in [-0.15, -0.1) is 18.2 Å². The first-order chi connectivity index (χ1) is 6.22. The van der Waals surface area contributed by atoms with E-state index in [1.807, 2.05) is 0 Å². The van der Waals surface area contributed by atoms with E-state index in [1.54, 1.807) is 0 Å². The monoisotopic (exact) mass is 204 g/mol. The van der Waals surface area contributed by atoms with Gasteiger partial charge in [0.05, 0.1) is 0 Å². The van der Waals surface area contributed by atoms with E-state index in [0.29, 0.717) is 25.4 Å². The summed E-state index contributed by atoms with van der Waals surface area (Å²) in [4.78, 5) is 21.8. The first-order valence-corrected chi connectivity index (χ1v) is 4.48. The molecule has 0 radical (unpaired) electrons. The molecule has 5 heteroatoms. The van der Waals surface area contributed by atoms with Crippen molar-refractivity contribution >= 4 is 23.4 Å². The zero-order chi connectivity index (χ0) is 10.1. The summed E-state index contributed by atoms with van der Waals surface area (Å²) in [5.41, 5.74) is 0. The maximum absolute atomic E-state index is 10.9. The molecule has 0 saturated carbocycles. The van der Waals surface area contributed by atoms with Crippen LogP contribution in [-0.2, 0) is 9.59 Å². The summed E-state index contributed by atoms with van der Waals surface area (Å²) < 4.78 is 0. The summed E-state index contributed by atoms with van der Waals surface area (Å²) in [7, 11) is 0. The Morgan fingerprint density at radius 1 is 1.31 bits per heavy atom. The van der Waals surface area contributed by atoms with Crippen LogP contribution in [0, 0.1) is 0 Å². The molecule has 2 amide bonds. The summed E-state index contributed by atoms with van der Waals surface area (Å²) in [6, 6.07) is 0. The van der Waals surface area contributed by atoms with Crippen molar-refractivity contribution in [2.24, 2.45) is 0 Å². The number of nitrogens with one attached hydrogen (secondary N) is 2. The molecule has 0 heterocycles. The molecule has 0 rings (SSSR count). The second-order valence-electron chi connectivity index (χ2n) is 2.30. The van der Waals surface area contributed by atoms with Crippen LogP contribution in [0.3, 0.4) is 0 Å². The molecular formula is C8H13ClN2O2. The second kappa shape index (κ2) is 7.61. The lowest BCUT2D eigenvalue weighted by molar-refractivity contribution is -0.139. The van der Waals surface area contributed by atoms with Crippen LogP contribution in [0.5, 0.6) is 0 Å². The number of carbonyl (C=O) groups is 2. The predicted octanol–water partition coefficient (Wildman–Crippen LogP) is 0.0337. The van der Waals surface area contributed by atoms with Crippen molar-refractivity contribution in [2.45, 2.75) is 6.42 Å². The molecule has 4 nitrogen and oxygen atoms in total. The lowest BCUT2D eigenvalue weighted by atomic mass is 10.4. The third kappa shape index (κ3) is 6.16. The number of halogens is 1. The van der Waals surface area contributed by atoms with E-state index in [1.165, 1.54) is 6.08 Å². The Bertz CT molecular complexity index is 195. The highest BCUT2D eigenvalue weighted by Gasteiger charge is 2.10. The number of carbonyl (C=O) groups excluding carboxylic acids is 2. The van der Waals surface area contributed by atoms with Crippen molar-refractivity contribution in [3.05, 3.63) is 12.7 Å². The van der Waals surface area contributed by atoms with Gasteiger partial charge in [0.25, 0.3) is 0 Å². The van der Waals surface area contributed by atoms with Crippen LogP contribution in [0.15, 0.2) is 12.7 Å². The van der Waals surface area contributed by atoms with Gasteiger partial charge in [0.1, 0.15) is 0 Å². The molecule has 0 unspecified atom stereocenters. The molecule has 0 aromatic carbocycles. The van der Waals surface area contributed by atoms with E-state index >= 15 is 0 Å². The van der Waals surface area contributed by atoms with Crippen LogP contribution in [0.25, 0.3) is 0 Å². The average molecular weight is 205 g/mol. The summed E-state index contributed by atoms with van der Waals surface area (Å²) in [5.74, 6) is -0.810. The molecule has 13 heavy (non-hydrogen) atoms. The minimum absolute atomic E-state index is 0.293. The minimum atomic E-state index is -0.644. The largest absolute Gasteiger partial charge is 0.348 e. The van der Waals surface area contributed by atoms with Gasteiger partial charge in [0.2, 0.25) is 0 Å². The van der Waals surface area contributed by atoms with E-state index in [4.69, 9.17) is 11.6 Å². The highest BCUT2D eigenvalue weighted by atomic mass is 35.5. The number of alkyl halides is 1. The Hall–Kier alpha value is -1.03. The lowest BCUT2D eigenvalue weighted by Crippen LogP contribution is -2.40. The van der Waals surface area contributed by atoms with Gasteiger partial charge in [-0.25, -0.2) is 0 Å². The van der Waals surface area contributed by atoms with Crippen LogP contribution < -0.4 is 10.6 Å². The van der Waals surface area contributed by atoms with Crippen LogP contribution in [-0.4, -0.2) is 30.8 Å². The molecule has 0 fully saturated rings. The Labute approximate surface area is 82.3 Å². The normalized spacial score (nSPS) is 9.00. The smallest absolute Gasteiger partial charge is 0.309 e. The van der Waals surface area contributed by atoms with Gasteiger partial charge in [-0.05, 0) is 6.42 Å². The molecule has 0 aliphatic carbocycles. The summed E-state index contributed by atoms with van der Waals surface area (Å²) in [6.07, 6.45) is 2.16. The van der Waals surface area contributed by atoms with Gasteiger partial charge < -0.3 is 10.6 Å². The Morgan fingerprint density at radius 3 is 2.46 bits per heavy atom. The molecule has 0 bridgehead atoms. The third-order valence-electron chi connectivity index (χ3n) is 1.21. The van der Waals surface area contributed by atoms with Gasteiger partial charge in [-0.3, -0.25) is 9.59 Å². The minimum Gasteiger partial charge on any atom is -0.348 e. The molecule has 74 valence electrons. The zero-order valence-corrected chi connectivity index (χ0v) is 8.06. The van der Waals surface area contributed by atoms with Crippen molar-refractivity contribution in [1.82, 2.24) is 10.6 Å². The van der Waals surface area contributed by atoms with E-state index in [9.17, 15) is 9.59 Å². The first kappa shape index (κ1) is 12.0. The summed E-state index contributed by atoms with van der Waals surface area (Å²) in [5, 5.41) is 4.78. The number of amides is 2. The first-order valence-electron chi connectivity index (χ1n) is 3.95. The van der Waals surface area contributed by atoms with Crippen LogP contribution in [0.1, 0.15) is 6.42 Å². The molecular weight excluding hydrogens is 192 g/mol. The predicted molar refractivity (Wildman–Crippen MR) is 51.6 cm³/mol. The standard InChI is InChI=1S/C8H13ClN2O2/c1-2-5-10-7(12)8(13)11-6-3-4-9/h2H,1,3-6H2,(H,10,12)(H,11,13). The van der Waals surface area contributed by atoms with Gasteiger partial charge >= 0.3 is 11.8 Å². The molecule has 0 aromatic heterocycles. The van der Waals surface area contributed by atoms with Crippen molar-refractivity contribution in [3.63, 3.8) is 0 Å². The Morgan fingerprint density at radius 2 is 1.92 bits per heavy atom. The SMILES string of the molecule is C=CCNC(=O)C(=O)NCCCCl. The fraction of sp³-hybridized carbons (Fsp3) is 0.500. The van der Waals surface area contributed by atoms with E-state index in [0.717, 1.165) is 0 Å². The quantitative estimate of drug-likeness (QED) is 0.287. The maximum atomic E-state index is 10.9. The van der Waals surface area contributed by atoms with Crippen LogP contribution in [0.2, 0.25) is 0 Å². The number of hydrogen-bond donors (Lipinski definition) is 2. The second-order valence-corrected chi connectivity index (χ2v) is 2.68. The Balaban J connectivity index is 3.57. The fourth-order valence-corrected chi connectivity index (χ4v) is 0.728. The zero-order valence-electron chi connectivity index (χ0n) is 7.31.